The molecule has 1 rings (SSSR count). The van der Waals surface area contributed by atoms with Crippen molar-refractivity contribution in [2.75, 3.05) is 26.3 Å². The molecule has 0 atom stereocenters. The summed E-state index contributed by atoms with van der Waals surface area (Å²) in [6.45, 7) is -2.31. The van der Waals surface area contributed by atoms with Crippen molar-refractivity contribution in [1.82, 2.24) is 10.6 Å². The average molecular weight is 371 g/mol. The number of carbonyl (C=O) groups is 2. The van der Waals surface area contributed by atoms with Gasteiger partial charge in [-0.15, -0.1) is 0 Å². The zero-order valence-electron chi connectivity index (χ0n) is 12.3. The van der Waals surface area contributed by atoms with Crippen LogP contribution in [0.3, 0.4) is 0 Å². The van der Waals surface area contributed by atoms with E-state index in [9.17, 15) is 27.2 Å². The Morgan fingerprint density at radius 3 is 2.58 bits per heavy atom. The third-order valence-electron chi connectivity index (χ3n) is 2.68. The molecular formula is C14H15ClF4N2O3. The second kappa shape index (κ2) is 9.43. The Morgan fingerprint density at radius 2 is 1.96 bits per heavy atom. The van der Waals surface area contributed by atoms with Gasteiger partial charge in [-0.2, -0.15) is 8.78 Å². The molecule has 0 spiro atoms. The summed E-state index contributed by atoms with van der Waals surface area (Å²) in [7, 11) is 0. The summed E-state index contributed by atoms with van der Waals surface area (Å²) in [6.07, 6.45) is -3.81. The largest absolute Gasteiger partial charge is 0.373 e. The van der Waals surface area contributed by atoms with Gasteiger partial charge < -0.3 is 15.4 Å². The van der Waals surface area contributed by atoms with Gasteiger partial charge in [0.2, 0.25) is 5.91 Å². The maximum atomic E-state index is 12.5. The third kappa shape index (κ3) is 7.14. The van der Waals surface area contributed by atoms with Gasteiger partial charge in [-0.3, -0.25) is 9.59 Å². The zero-order valence-corrected chi connectivity index (χ0v) is 13.1. The Kier molecular flexibility index (Phi) is 7.93. The fraction of sp³-hybridized carbons (Fsp3) is 0.429. The molecule has 0 aromatic heterocycles. The second-order valence-corrected chi connectivity index (χ2v) is 5.09. The van der Waals surface area contributed by atoms with Crippen molar-refractivity contribution >= 4 is 23.4 Å². The van der Waals surface area contributed by atoms with Crippen LogP contribution in [0, 0.1) is 0 Å². The van der Waals surface area contributed by atoms with Gasteiger partial charge in [0.1, 0.15) is 6.61 Å². The topological polar surface area (TPSA) is 67.4 Å². The van der Waals surface area contributed by atoms with Crippen LogP contribution in [0.25, 0.3) is 0 Å². The van der Waals surface area contributed by atoms with E-state index in [0.717, 1.165) is 0 Å². The van der Waals surface area contributed by atoms with Gasteiger partial charge in [-0.1, -0.05) is 17.7 Å². The maximum Gasteiger partial charge on any atom is 0.330 e. The first-order valence-electron chi connectivity index (χ1n) is 6.76. The fourth-order valence-electron chi connectivity index (χ4n) is 1.49. The van der Waals surface area contributed by atoms with E-state index in [-0.39, 0.29) is 25.3 Å². The molecule has 1 aromatic rings. The molecule has 0 radical (unpaired) electrons. The van der Waals surface area contributed by atoms with Crippen molar-refractivity contribution in [3.63, 3.8) is 0 Å². The number of halogens is 5. The number of rotatable bonds is 9. The first kappa shape index (κ1) is 20.2. The Bertz CT molecular complexity index is 573. The van der Waals surface area contributed by atoms with Crippen LogP contribution in [-0.2, 0) is 9.53 Å². The molecule has 0 aliphatic carbocycles. The molecular weight excluding hydrogens is 356 g/mol. The molecule has 10 heteroatoms. The van der Waals surface area contributed by atoms with Crippen molar-refractivity contribution in [2.45, 2.75) is 12.3 Å². The average Bonchev–Trinajstić information content (AvgIpc) is 2.52. The van der Waals surface area contributed by atoms with Crippen LogP contribution in [0.4, 0.5) is 17.6 Å². The normalized spacial score (nSPS) is 11.4. The van der Waals surface area contributed by atoms with Crippen molar-refractivity contribution in [1.29, 1.82) is 0 Å². The van der Waals surface area contributed by atoms with Crippen LogP contribution in [0.15, 0.2) is 24.3 Å². The maximum absolute atomic E-state index is 12.5. The minimum Gasteiger partial charge on any atom is -0.373 e. The van der Waals surface area contributed by atoms with Gasteiger partial charge in [-0.25, -0.2) is 8.78 Å². The number of amides is 2. The lowest BCUT2D eigenvalue weighted by Gasteiger charge is -2.15. The number of hydrogen-bond acceptors (Lipinski definition) is 3. The molecule has 0 aliphatic rings. The molecule has 2 amide bonds. The molecule has 0 unspecified atom stereocenters. The number of carbonyl (C=O) groups excluding carboxylic acids is 2. The first-order chi connectivity index (χ1) is 11.2. The molecule has 0 heterocycles. The molecule has 1 aromatic carbocycles. The number of benzene rings is 1. The third-order valence-corrected chi connectivity index (χ3v) is 2.91. The van der Waals surface area contributed by atoms with E-state index >= 15 is 0 Å². The molecule has 134 valence electrons. The standard InChI is InChI=1S/C14H15ClF4N2O3/c15-10-3-1-2-9(6-10)12(23)21-7-11(22)20-4-5-24-8-14(18,19)13(16)17/h1-3,6,13H,4-5,7-8H2,(H,20,22)(H,21,23). The van der Waals surface area contributed by atoms with E-state index in [1.807, 2.05) is 0 Å². The second-order valence-electron chi connectivity index (χ2n) is 4.66. The summed E-state index contributed by atoms with van der Waals surface area (Å²) >= 11 is 5.73. The highest BCUT2D eigenvalue weighted by atomic mass is 35.5. The van der Waals surface area contributed by atoms with E-state index in [4.69, 9.17) is 11.6 Å². The van der Waals surface area contributed by atoms with Gasteiger partial charge in [0, 0.05) is 17.1 Å². The van der Waals surface area contributed by atoms with E-state index in [2.05, 4.69) is 15.4 Å². The molecule has 0 fully saturated rings. The van der Waals surface area contributed by atoms with Crippen LogP contribution in [0.1, 0.15) is 10.4 Å². The fourth-order valence-corrected chi connectivity index (χ4v) is 1.68. The lowest BCUT2D eigenvalue weighted by molar-refractivity contribution is -0.165. The van der Waals surface area contributed by atoms with Gasteiger partial charge >= 0.3 is 12.3 Å². The molecule has 5 nitrogen and oxygen atoms in total. The monoisotopic (exact) mass is 370 g/mol. The number of alkyl halides is 4. The minimum absolute atomic E-state index is 0.162. The van der Waals surface area contributed by atoms with E-state index in [1.54, 1.807) is 12.1 Å². The van der Waals surface area contributed by atoms with E-state index < -0.39 is 30.8 Å². The Labute approximate surface area is 140 Å². The highest BCUT2D eigenvalue weighted by Gasteiger charge is 2.40. The van der Waals surface area contributed by atoms with Crippen molar-refractivity contribution in [2.24, 2.45) is 0 Å². The van der Waals surface area contributed by atoms with Crippen LogP contribution >= 0.6 is 11.6 Å². The Morgan fingerprint density at radius 1 is 1.25 bits per heavy atom. The minimum atomic E-state index is -4.23. The molecule has 0 aliphatic heterocycles. The molecule has 0 bridgehead atoms. The zero-order chi connectivity index (χ0) is 18.2. The van der Waals surface area contributed by atoms with Crippen LogP contribution < -0.4 is 10.6 Å². The van der Waals surface area contributed by atoms with Crippen molar-refractivity contribution in [3.8, 4) is 0 Å². The van der Waals surface area contributed by atoms with Gasteiger partial charge in [0.25, 0.3) is 5.91 Å². The molecule has 0 saturated heterocycles. The van der Waals surface area contributed by atoms with Crippen LogP contribution in [-0.4, -0.2) is 50.5 Å². The SMILES string of the molecule is O=C(CNC(=O)c1cccc(Cl)c1)NCCOCC(F)(F)C(F)F. The van der Waals surface area contributed by atoms with Gasteiger partial charge in [-0.05, 0) is 18.2 Å². The summed E-state index contributed by atoms with van der Waals surface area (Å²) in [5.74, 6) is -5.33. The quantitative estimate of drug-likeness (QED) is 0.517. The van der Waals surface area contributed by atoms with Crippen molar-refractivity contribution < 1.29 is 31.9 Å². The number of hydrogen-bond donors (Lipinski definition) is 2. The highest BCUT2D eigenvalue weighted by Crippen LogP contribution is 2.22. The summed E-state index contributed by atoms with van der Waals surface area (Å²) in [4.78, 5) is 23.2. The summed E-state index contributed by atoms with van der Waals surface area (Å²) in [5.41, 5.74) is 0.271. The Hall–Kier alpha value is -1.87. The van der Waals surface area contributed by atoms with Crippen LogP contribution in [0.2, 0.25) is 5.02 Å². The first-order valence-corrected chi connectivity index (χ1v) is 7.14. The predicted octanol–water partition coefficient (Wildman–Crippen LogP) is 2.10. The van der Waals surface area contributed by atoms with Crippen molar-refractivity contribution in [3.05, 3.63) is 34.9 Å². The molecule has 24 heavy (non-hydrogen) atoms. The molecule has 2 N–H and O–H groups in total. The van der Waals surface area contributed by atoms with Gasteiger partial charge in [0.05, 0.1) is 13.2 Å². The smallest absolute Gasteiger partial charge is 0.330 e. The van der Waals surface area contributed by atoms with E-state index in [0.29, 0.717) is 5.02 Å². The number of ether oxygens (including phenoxy) is 1. The van der Waals surface area contributed by atoms with Gasteiger partial charge in [0.15, 0.2) is 0 Å². The van der Waals surface area contributed by atoms with Crippen LogP contribution in [0.5, 0.6) is 0 Å². The lowest BCUT2D eigenvalue weighted by atomic mass is 10.2. The number of nitrogens with one attached hydrogen (secondary N) is 2. The lowest BCUT2D eigenvalue weighted by Crippen LogP contribution is -2.39. The summed E-state index contributed by atoms with van der Waals surface area (Å²) < 4.78 is 53.1. The predicted molar refractivity (Wildman–Crippen MR) is 78.6 cm³/mol. The van der Waals surface area contributed by atoms with E-state index in [1.165, 1.54) is 12.1 Å². The molecule has 0 saturated carbocycles. The summed E-state index contributed by atoms with van der Waals surface area (Å²) in [6, 6.07) is 6.09. The summed E-state index contributed by atoms with van der Waals surface area (Å²) in [5, 5.41) is 4.98. The Balaban J connectivity index is 2.20. The highest BCUT2D eigenvalue weighted by molar-refractivity contribution is 6.30.